The van der Waals surface area contributed by atoms with E-state index < -0.39 is 0 Å². The first kappa shape index (κ1) is 15.3. The van der Waals surface area contributed by atoms with Crippen molar-refractivity contribution in [1.29, 1.82) is 0 Å². The molecule has 0 radical (unpaired) electrons. The first-order valence-electron chi connectivity index (χ1n) is 6.46. The molecular formula is C14H23N3O2. The van der Waals surface area contributed by atoms with Crippen molar-refractivity contribution in [3.8, 4) is 0 Å². The van der Waals surface area contributed by atoms with Gasteiger partial charge in [0.1, 0.15) is 0 Å². The first-order chi connectivity index (χ1) is 8.89. The van der Waals surface area contributed by atoms with Crippen LogP contribution in [0.1, 0.15) is 37.6 Å². The average molecular weight is 265 g/mol. The van der Waals surface area contributed by atoms with E-state index in [1.54, 1.807) is 18.2 Å². The summed E-state index contributed by atoms with van der Waals surface area (Å²) in [5, 5.41) is 15.0. The molecular weight excluding hydrogens is 242 g/mol. The molecule has 5 heteroatoms. The lowest BCUT2D eigenvalue weighted by Crippen LogP contribution is -2.32. The van der Waals surface area contributed by atoms with Crippen molar-refractivity contribution in [2.45, 2.75) is 32.7 Å². The number of aliphatic hydroxyl groups is 1. The van der Waals surface area contributed by atoms with Crippen LogP contribution in [-0.2, 0) is 0 Å². The number of nitrogen functional groups attached to an aromatic ring is 1. The number of amides is 1. The van der Waals surface area contributed by atoms with Crippen molar-refractivity contribution in [3.63, 3.8) is 0 Å². The van der Waals surface area contributed by atoms with Crippen molar-refractivity contribution < 1.29 is 9.90 Å². The molecule has 1 rings (SSSR count). The quantitative estimate of drug-likeness (QED) is 0.588. The molecule has 0 bridgehead atoms. The Morgan fingerprint density at radius 3 is 2.68 bits per heavy atom. The van der Waals surface area contributed by atoms with Crippen LogP contribution in [0.4, 0.5) is 11.4 Å². The number of benzene rings is 1. The van der Waals surface area contributed by atoms with Crippen molar-refractivity contribution in [2.75, 3.05) is 24.2 Å². The van der Waals surface area contributed by atoms with Gasteiger partial charge < -0.3 is 21.5 Å². The van der Waals surface area contributed by atoms with E-state index in [0.717, 1.165) is 0 Å². The van der Waals surface area contributed by atoms with Gasteiger partial charge in [-0.25, -0.2) is 0 Å². The number of hydrogen-bond acceptors (Lipinski definition) is 4. The second kappa shape index (κ2) is 6.43. The van der Waals surface area contributed by atoms with E-state index in [1.807, 2.05) is 20.8 Å². The van der Waals surface area contributed by atoms with Crippen LogP contribution >= 0.6 is 0 Å². The molecule has 1 amide bonds. The molecule has 0 aromatic heterocycles. The average Bonchev–Trinajstić information content (AvgIpc) is 2.31. The van der Waals surface area contributed by atoms with E-state index in [2.05, 4.69) is 10.6 Å². The Labute approximate surface area is 114 Å². The summed E-state index contributed by atoms with van der Waals surface area (Å²) in [6.07, 6.45) is 0.595. The molecule has 0 saturated heterocycles. The Morgan fingerprint density at radius 1 is 1.42 bits per heavy atom. The van der Waals surface area contributed by atoms with Gasteiger partial charge >= 0.3 is 0 Å². The van der Waals surface area contributed by atoms with E-state index in [1.165, 1.54) is 0 Å². The molecule has 106 valence electrons. The topological polar surface area (TPSA) is 87.4 Å². The number of carbonyl (C=O) groups excluding carboxylic acids is 1. The number of nitrogens with one attached hydrogen (secondary N) is 2. The number of rotatable bonds is 6. The van der Waals surface area contributed by atoms with Crippen LogP contribution in [0.5, 0.6) is 0 Å². The molecule has 0 aliphatic rings. The summed E-state index contributed by atoms with van der Waals surface area (Å²) in [6.45, 7) is 6.50. The normalized spacial score (nSPS) is 11.2. The summed E-state index contributed by atoms with van der Waals surface area (Å²) < 4.78 is 0. The second-order valence-electron chi connectivity index (χ2n) is 5.14. The Morgan fingerprint density at radius 2 is 2.11 bits per heavy atom. The first-order valence-corrected chi connectivity index (χ1v) is 6.46. The largest absolute Gasteiger partial charge is 0.397 e. The SMILES string of the molecule is CCNC(=O)c1ccc(N)c(NC(C)(C)CCO)c1. The maximum Gasteiger partial charge on any atom is 0.251 e. The highest BCUT2D eigenvalue weighted by atomic mass is 16.3. The smallest absolute Gasteiger partial charge is 0.251 e. The van der Waals surface area contributed by atoms with Gasteiger partial charge in [0.05, 0.1) is 11.4 Å². The van der Waals surface area contributed by atoms with Crippen LogP contribution in [0.15, 0.2) is 18.2 Å². The molecule has 0 aliphatic heterocycles. The van der Waals surface area contributed by atoms with Gasteiger partial charge in [0.25, 0.3) is 5.91 Å². The zero-order chi connectivity index (χ0) is 14.5. The van der Waals surface area contributed by atoms with Crippen LogP contribution < -0.4 is 16.4 Å². The number of anilines is 2. The van der Waals surface area contributed by atoms with E-state index in [4.69, 9.17) is 10.8 Å². The minimum atomic E-state index is -0.289. The summed E-state index contributed by atoms with van der Waals surface area (Å²) in [7, 11) is 0. The third kappa shape index (κ3) is 4.44. The summed E-state index contributed by atoms with van der Waals surface area (Å²) in [5.41, 5.74) is 7.48. The van der Waals surface area contributed by atoms with Crippen molar-refractivity contribution in [2.24, 2.45) is 0 Å². The highest BCUT2D eigenvalue weighted by molar-refractivity contribution is 5.96. The predicted molar refractivity (Wildman–Crippen MR) is 78.3 cm³/mol. The molecule has 0 heterocycles. The fourth-order valence-electron chi connectivity index (χ4n) is 1.77. The van der Waals surface area contributed by atoms with Crippen molar-refractivity contribution in [3.05, 3.63) is 23.8 Å². The highest BCUT2D eigenvalue weighted by Gasteiger charge is 2.18. The van der Waals surface area contributed by atoms with Gasteiger partial charge in [0.15, 0.2) is 0 Å². The second-order valence-corrected chi connectivity index (χ2v) is 5.14. The van der Waals surface area contributed by atoms with Gasteiger partial charge in [-0.1, -0.05) is 0 Å². The lowest BCUT2D eigenvalue weighted by Gasteiger charge is -2.27. The van der Waals surface area contributed by atoms with Gasteiger partial charge in [0.2, 0.25) is 0 Å². The monoisotopic (exact) mass is 265 g/mol. The summed E-state index contributed by atoms with van der Waals surface area (Å²) in [5.74, 6) is -0.120. The molecule has 0 aliphatic carbocycles. The minimum Gasteiger partial charge on any atom is -0.397 e. The maximum absolute atomic E-state index is 11.8. The number of aliphatic hydroxyl groups excluding tert-OH is 1. The van der Waals surface area contributed by atoms with E-state index >= 15 is 0 Å². The standard InChI is InChI=1S/C14H23N3O2/c1-4-16-13(19)10-5-6-11(15)12(9-10)17-14(2,3)7-8-18/h5-6,9,17-18H,4,7-8,15H2,1-3H3,(H,16,19). The molecule has 5 nitrogen and oxygen atoms in total. The lowest BCUT2D eigenvalue weighted by molar-refractivity contribution is 0.0956. The minimum absolute atomic E-state index is 0.0932. The fourth-order valence-corrected chi connectivity index (χ4v) is 1.77. The van der Waals surface area contributed by atoms with Crippen LogP contribution in [0.25, 0.3) is 0 Å². The van der Waals surface area contributed by atoms with E-state index in [-0.39, 0.29) is 18.1 Å². The van der Waals surface area contributed by atoms with Crippen LogP contribution in [0.3, 0.4) is 0 Å². The van der Waals surface area contributed by atoms with Crippen LogP contribution in [0.2, 0.25) is 0 Å². The predicted octanol–water partition coefficient (Wildman–Crippen LogP) is 1.59. The third-order valence-corrected chi connectivity index (χ3v) is 2.86. The maximum atomic E-state index is 11.8. The zero-order valence-electron chi connectivity index (χ0n) is 11.8. The van der Waals surface area contributed by atoms with Gasteiger partial charge in [-0.3, -0.25) is 4.79 Å². The molecule has 0 fully saturated rings. The zero-order valence-corrected chi connectivity index (χ0v) is 11.8. The van der Waals surface area contributed by atoms with Crippen molar-refractivity contribution >= 4 is 17.3 Å². The molecule has 1 aromatic rings. The number of carbonyl (C=O) groups is 1. The van der Waals surface area contributed by atoms with Gasteiger partial charge in [0, 0.05) is 24.3 Å². The summed E-state index contributed by atoms with van der Waals surface area (Å²) >= 11 is 0. The lowest BCUT2D eigenvalue weighted by atomic mass is 10.00. The number of hydrogen-bond donors (Lipinski definition) is 4. The Hall–Kier alpha value is -1.75. The van der Waals surface area contributed by atoms with Crippen LogP contribution in [0, 0.1) is 0 Å². The molecule has 0 spiro atoms. The Kier molecular flexibility index (Phi) is 5.18. The summed E-state index contributed by atoms with van der Waals surface area (Å²) in [6, 6.07) is 5.14. The molecule has 0 atom stereocenters. The third-order valence-electron chi connectivity index (χ3n) is 2.86. The fraction of sp³-hybridized carbons (Fsp3) is 0.500. The van der Waals surface area contributed by atoms with Crippen molar-refractivity contribution in [1.82, 2.24) is 5.32 Å². The Bertz CT molecular complexity index is 444. The molecule has 5 N–H and O–H groups in total. The summed E-state index contributed by atoms with van der Waals surface area (Å²) in [4.78, 5) is 11.8. The highest BCUT2D eigenvalue weighted by Crippen LogP contribution is 2.25. The van der Waals surface area contributed by atoms with Gasteiger partial charge in [-0.05, 0) is 45.4 Å². The van der Waals surface area contributed by atoms with E-state index in [9.17, 15) is 4.79 Å². The van der Waals surface area contributed by atoms with Gasteiger partial charge in [-0.15, -0.1) is 0 Å². The Balaban J connectivity index is 2.94. The van der Waals surface area contributed by atoms with Gasteiger partial charge in [-0.2, -0.15) is 0 Å². The molecule has 0 saturated carbocycles. The molecule has 1 aromatic carbocycles. The number of nitrogens with two attached hydrogens (primary N) is 1. The van der Waals surface area contributed by atoms with E-state index in [0.29, 0.717) is 29.9 Å². The molecule has 0 unspecified atom stereocenters. The molecule has 19 heavy (non-hydrogen) atoms. The van der Waals surface area contributed by atoms with Crippen LogP contribution in [-0.4, -0.2) is 29.7 Å².